The third-order valence-electron chi connectivity index (χ3n) is 3.62. The van der Waals surface area contributed by atoms with Gasteiger partial charge in [-0.05, 0) is 24.6 Å². The second-order valence-electron chi connectivity index (χ2n) is 5.62. The second kappa shape index (κ2) is 10.6. The SMILES string of the molecule is CCCCCCN(CC(C)C(=O)OC)C(=O)/C=C/c1ccco1. The highest BCUT2D eigenvalue weighted by atomic mass is 16.5. The van der Waals surface area contributed by atoms with Crippen LogP contribution in [-0.2, 0) is 14.3 Å². The molecule has 5 nitrogen and oxygen atoms in total. The van der Waals surface area contributed by atoms with Gasteiger partial charge in [-0.15, -0.1) is 0 Å². The zero-order chi connectivity index (χ0) is 17.1. The van der Waals surface area contributed by atoms with E-state index in [1.54, 1.807) is 36.3 Å². The standard InChI is InChI=1S/C18H27NO4/c1-4-5-6-7-12-19(14-15(2)18(21)22-3)17(20)11-10-16-9-8-13-23-16/h8-11,13,15H,4-7,12,14H2,1-3H3/b11-10+. The van der Waals surface area contributed by atoms with Crippen LogP contribution in [-0.4, -0.2) is 37.0 Å². The molecule has 0 aromatic carbocycles. The number of amides is 1. The van der Waals surface area contributed by atoms with Gasteiger partial charge in [0.1, 0.15) is 5.76 Å². The van der Waals surface area contributed by atoms with Crippen LogP contribution in [0.5, 0.6) is 0 Å². The van der Waals surface area contributed by atoms with E-state index in [1.165, 1.54) is 13.2 Å². The molecule has 0 radical (unpaired) electrons. The van der Waals surface area contributed by atoms with Crippen molar-refractivity contribution in [2.75, 3.05) is 20.2 Å². The fourth-order valence-corrected chi connectivity index (χ4v) is 2.27. The van der Waals surface area contributed by atoms with Gasteiger partial charge in [0.15, 0.2) is 0 Å². The first-order valence-electron chi connectivity index (χ1n) is 8.16. The fourth-order valence-electron chi connectivity index (χ4n) is 2.27. The Morgan fingerprint density at radius 1 is 1.35 bits per heavy atom. The van der Waals surface area contributed by atoms with Crippen molar-refractivity contribution in [2.24, 2.45) is 5.92 Å². The molecule has 0 fully saturated rings. The maximum Gasteiger partial charge on any atom is 0.310 e. The zero-order valence-corrected chi connectivity index (χ0v) is 14.3. The van der Waals surface area contributed by atoms with Gasteiger partial charge in [0, 0.05) is 19.2 Å². The summed E-state index contributed by atoms with van der Waals surface area (Å²) in [7, 11) is 1.36. The molecule has 5 heteroatoms. The minimum absolute atomic E-state index is 0.117. The number of methoxy groups -OCH3 is 1. The van der Waals surface area contributed by atoms with Crippen LogP contribution in [0.4, 0.5) is 0 Å². The summed E-state index contributed by atoms with van der Waals surface area (Å²) in [4.78, 5) is 25.7. The first kappa shape index (κ1) is 19.0. The predicted octanol–water partition coefficient (Wildman–Crippen LogP) is 3.51. The highest BCUT2D eigenvalue weighted by Crippen LogP contribution is 2.09. The quantitative estimate of drug-likeness (QED) is 0.376. The number of unbranched alkanes of at least 4 members (excludes halogenated alkanes) is 3. The van der Waals surface area contributed by atoms with Gasteiger partial charge in [0.05, 0.1) is 19.3 Å². The number of nitrogens with zero attached hydrogens (tertiary/aromatic N) is 1. The topological polar surface area (TPSA) is 59.8 Å². The van der Waals surface area contributed by atoms with E-state index in [2.05, 4.69) is 6.92 Å². The molecule has 1 rings (SSSR count). The Morgan fingerprint density at radius 3 is 2.74 bits per heavy atom. The molecule has 1 atom stereocenters. The summed E-state index contributed by atoms with van der Waals surface area (Å²) < 4.78 is 9.93. The van der Waals surface area contributed by atoms with Crippen LogP contribution in [0.3, 0.4) is 0 Å². The Bertz CT molecular complexity index is 493. The predicted molar refractivity (Wildman–Crippen MR) is 89.6 cm³/mol. The van der Waals surface area contributed by atoms with E-state index in [4.69, 9.17) is 9.15 Å². The Labute approximate surface area is 138 Å². The molecule has 23 heavy (non-hydrogen) atoms. The Kier molecular flexibility index (Phi) is 8.80. The normalized spacial score (nSPS) is 12.3. The molecule has 0 saturated carbocycles. The van der Waals surface area contributed by atoms with Crippen molar-refractivity contribution in [1.29, 1.82) is 0 Å². The van der Waals surface area contributed by atoms with Crippen molar-refractivity contribution in [2.45, 2.75) is 39.5 Å². The molecule has 1 aromatic rings. The van der Waals surface area contributed by atoms with E-state index in [1.807, 2.05) is 0 Å². The van der Waals surface area contributed by atoms with E-state index in [9.17, 15) is 9.59 Å². The van der Waals surface area contributed by atoms with Crippen molar-refractivity contribution in [3.8, 4) is 0 Å². The van der Waals surface area contributed by atoms with Crippen LogP contribution in [0.25, 0.3) is 6.08 Å². The maximum atomic E-state index is 12.4. The number of hydrogen-bond donors (Lipinski definition) is 0. The molecule has 1 aromatic heterocycles. The van der Waals surface area contributed by atoms with Crippen molar-refractivity contribution >= 4 is 18.0 Å². The molecule has 1 heterocycles. The highest BCUT2D eigenvalue weighted by Gasteiger charge is 2.20. The highest BCUT2D eigenvalue weighted by molar-refractivity contribution is 5.91. The van der Waals surface area contributed by atoms with E-state index in [0.717, 1.165) is 25.7 Å². The Morgan fingerprint density at radius 2 is 2.13 bits per heavy atom. The van der Waals surface area contributed by atoms with Gasteiger partial charge in [-0.1, -0.05) is 33.1 Å². The monoisotopic (exact) mass is 321 g/mol. The molecular weight excluding hydrogens is 294 g/mol. The van der Waals surface area contributed by atoms with E-state index >= 15 is 0 Å². The summed E-state index contributed by atoms with van der Waals surface area (Å²) in [5.41, 5.74) is 0. The number of furan rings is 1. The lowest BCUT2D eigenvalue weighted by Gasteiger charge is -2.24. The first-order valence-corrected chi connectivity index (χ1v) is 8.16. The molecule has 0 aliphatic heterocycles. The molecule has 0 aliphatic rings. The number of esters is 1. The van der Waals surface area contributed by atoms with Gasteiger partial charge in [-0.3, -0.25) is 9.59 Å². The summed E-state index contributed by atoms with van der Waals surface area (Å²) >= 11 is 0. The Hall–Kier alpha value is -2.04. The van der Waals surface area contributed by atoms with Crippen molar-refractivity contribution in [1.82, 2.24) is 4.90 Å². The number of hydrogen-bond acceptors (Lipinski definition) is 4. The molecule has 0 bridgehead atoms. The van der Waals surface area contributed by atoms with Crippen molar-refractivity contribution < 1.29 is 18.7 Å². The van der Waals surface area contributed by atoms with Crippen LogP contribution >= 0.6 is 0 Å². The van der Waals surface area contributed by atoms with Crippen LogP contribution < -0.4 is 0 Å². The summed E-state index contributed by atoms with van der Waals surface area (Å²) in [6.07, 6.45) is 9.00. The van der Waals surface area contributed by atoms with Crippen molar-refractivity contribution in [3.05, 3.63) is 30.2 Å². The molecule has 0 saturated heterocycles. The zero-order valence-electron chi connectivity index (χ0n) is 14.3. The number of ether oxygens (including phenoxy) is 1. The molecule has 0 spiro atoms. The summed E-state index contributed by atoms with van der Waals surface area (Å²) in [5.74, 6) is -0.127. The van der Waals surface area contributed by atoms with Gasteiger partial charge >= 0.3 is 5.97 Å². The molecule has 1 unspecified atom stereocenters. The molecule has 0 aliphatic carbocycles. The minimum atomic E-state index is -0.341. The summed E-state index contributed by atoms with van der Waals surface area (Å²) in [6, 6.07) is 3.55. The number of rotatable bonds is 10. The lowest BCUT2D eigenvalue weighted by atomic mass is 10.1. The van der Waals surface area contributed by atoms with Crippen LogP contribution in [0.1, 0.15) is 45.3 Å². The van der Waals surface area contributed by atoms with E-state index < -0.39 is 0 Å². The second-order valence-corrected chi connectivity index (χ2v) is 5.62. The van der Waals surface area contributed by atoms with Crippen molar-refractivity contribution in [3.63, 3.8) is 0 Å². The number of carbonyl (C=O) groups is 2. The molecule has 1 amide bonds. The maximum absolute atomic E-state index is 12.4. The summed E-state index contributed by atoms with van der Waals surface area (Å²) in [5, 5.41) is 0. The first-order chi connectivity index (χ1) is 11.1. The van der Waals surface area contributed by atoms with Gasteiger partial charge in [0.25, 0.3) is 0 Å². The largest absolute Gasteiger partial charge is 0.469 e. The number of carbonyl (C=O) groups excluding carboxylic acids is 2. The third kappa shape index (κ3) is 7.17. The van der Waals surface area contributed by atoms with Gasteiger partial charge < -0.3 is 14.1 Å². The Balaban J connectivity index is 2.64. The molecular formula is C18H27NO4. The fraction of sp³-hybridized carbons (Fsp3) is 0.556. The third-order valence-corrected chi connectivity index (χ3v) is 3.62. The van der Waals surface area contributed by atoms with Crippen LogP contribution in [0.15, 0.2) is 28.9 Å². The van der Waals surface area contributed by atoms with E-state index in [-0.39, 0.29) is 17.8 Å². The van der Waals surface area contributed by atoms with Gasteiger partial charge in [0.2, 0.25) is 5.91 Å². The molecule has 0 N–H and O–H groups in total. The van der Waals surface area contributed by atoms with E-state index in [0.29, 0.717) is 18.8 Å². The lowest BCUT2D eigenvalue weighted by molar-refractivity contribution is -0.146. The van der Waals surface area contributed by atoms with Crippen LogP contribution in [0.2, 0.25) is 0 Å². The van der Waals surface area contributed by atoms with Gasteiger partial charge in [-0.2, -0.15) is 0 Å². The average molecular weight is 321 g/mol. The molecule has 128 valence electrons. The van der Waals surface area contributed by atoms with Gasteiger partial charge in [-0.25, -0.2) is 0 Å². The summed E-state index contributed by atoms with van der Waals surface area (Å²) in [6.45, 7) is 4.92. The van der Waals surface area contributed by atoms with Crippen LogP contribution in [0, 0.1) is 5.92 Å². The smallest absolute Gasteiger partial charge is 0.310 e. The minimum Gasteiger partial charge on any atom is -0.469 e. The lowest BCUT2D eigenvalue weighted by Crippen LogP contribution is -2.37. The average Bonchev–Trinajstić information content (AvgIpc) is 3.07.